The van der Waals surface area contributed by atoms with Gasteiger partial charge in [0.15, 0.2) is 0 Å². The Morgan fingerprint density at radius 1 is 1.19 bits per heavy atom. The highest BCUT2D eigenvalue weighted by molar-refractivity contribution is 5.79. The second-order valence-corrected chi connectivity index (χ2v) is 7.39. The number of piperazine rings is 1. The van der Waals surface area contributed by atoms with Crippen molar-refractivity contribution in [2.24, 2.45) is 5.92 Å². The fourth-order valence-corrected chi connectivity index (χ4v) is 4.17. The summed E-state index contributed by atoms with van der Waals surface area (Å²) in [5.74, 6) is 2.29. The third kappa shape index (κ3) is 3.58. The summed E-state index contributed by atoms with van der Waals surface area (Å²) in [6.45, 7) is 7.65. The van der Waals surface area contributed by atoms with E-state index in [2.05, 4.69) is 38.4 Å². The second-order valence-electron chi connectivity index (χ2n) is 7.39. The molecule has 27 heavy (non-hydrogen) atoms. The van der Waals surface area contributed by atoms with Crippen molar-refractivity contribution in [1.29, 1.82) is 0 Å². The molecule has 6 nitrogen and oxygen atoms in total. The minimum absolute atomic E-state index is 0.0527. The van der Waals surface area contributed by atoms with Gasteiger partial charge in [-0.25, -0.2) is 4.98 Å². The first-order valence-corrected chi connectivity index (χ1v) is 9.89. The van der Waals surface area contributed by atoms with Gasteiger partial charge in [-0.1, -0.05) is 6.92 Å². The maximum Gasteiger partial charge on any atom is 0.227 e. The standard InChI is InChI=1S/C21H28N4O2/c1-3-23-10-12-24(13-11-23)21(26)17-6-9-20-22-14-19(25(20)15-17)16-4-7-18(27-2)8-5-16/h4-5,7-8,14,17H,3,6,9-13,15H2,1-2H3. The summed E-state index contributed by atoms with van der Waals surface area (Å²) in [5.41, 5.74) is 2.19. The summed E-state index contributed by atoms with van der Waals surface area (Å²) in [5, 5.41) is 0. The van der Waals surface area contributed by atoms with E-state index in [9.17, 15) is 4.79 Å². The molecule has 2 aliphatic heterocycles. The van der Waals surface area contributed by atoms with Crippen LogP contribution in [0.3, 0.4) is 0 Å². The molecule has 0 aliphatic carbocycles. The molecule has 0 saturated carbocycles. The molecule has 1 atom stereocenters. The van der Waals surface area contributed by atoms with Gasteiger partial charge in [0.1, 0.15) is 11.6 Å². The number of carbonyl (C=O) groups excluding carboxylic acids is 1. The van der Waals surface area contributed by atoms with Gasteiger partial charge in [-0.05, 0) is 37.2 Å². The maximum absolute atomic E-state index is 13.1. The van der Waals surface area contributed by atoms with Crippen molar-refractivity contribution in [3.05, 3.63) is 36.3 Å². The predicted molar refractivity (Wildman–Crippen MR) is 105 cm³/mol. The molecule has 0 N–H and O–H groups in total. The van der Waals surface area contributed by atoms with Crippen molar-refractivity contribution in [3.8, 4) is 17.0 Å². The first kappa shape index (κ1) is 18.0. The summed E-state index contributed by atoms with van der Waals surface area (Å²) in [6, 6.07) is 8.04. The Bertz CT molecular complexity index is 791. The molecular formula is C21H28N4O2. The van der Waals surface area contributed by atoms with Crippen molar-refractivity contribution in [2.75, 3.05) is 39.8 Å². The SMILES string of the molecule is CCN1CCN(C(=O)C2CCc3ncc(-c4ccc(OC)cc4)n3C2)CC1. The minimum atomic E-state index is 0.0527. The lowest BCUT2D eigenvalue weighted by Gasteiger charge is -2.37. The number of nitrogens with zero attached hydrogens (tertiary/aromatic N) is 4. The van der Waals surface area contributed by atoms with Crippen molar-refractivity contribution in [3.63, 3.8) is 0 Å². The van der Waals surface area contributed by atoms with E-state index in [1.807, 2.05) is 18.3 Å². The number of hydrogen-bond donors (Lipinski definition) is 0. The zero-order chi connectivity index (χ0) is 18.8. The summed E-state index contributed by atoms with van der Waals surface area (Å²) >= 11 is 0. The number of carbonyl (C=O) groups is 1. The van der Waals surface area contributed by atoms with Gasteiger partial charge in [0.2, 0.25) is 5.91 Å². The molecule has 1 aromatic heterocycles. The molecule has 0 spiro atoms. The Labute approximate surface area is 160 Å². The number of hydrogen-bond acceptors (Lipinski definition) is 4. The van der Waals surface area contributed by atoms with E-state index in [0.717, 1.165) is 74.9 Å². The van der Waals surface area contributed by atoms with Crippen molar-refractivity contribution in [1.82, 2.24) is 19.4 Å². The van der Waals surface area contributed by atoms with Crippen LogP contribution >= 0.6 is 0 Å². The van der Waals surface area contributed by atoms with Gasteiger partial charge in [-0.3, -0.25) is 4.79 Å². The second kappa shape index (κ2) is 7.72. The van der Waals surface area contributed by atoms with Crippen LogP contribution in [0.4, 0.5) is 0 Å². The van der Waals surface area contributed by atoms with Gasteiger partial charge in [-0.15, -0.1) is 0 Å². The smallest absolute Gasteiger partial charge is 0.227 e. The fourth-order valence-electron chi connectivity index (χ4n) is 4.17. The number of fused-ring (bicyclic) bond motifs is 1. The van der Waals surface area contributed by atoms with Crippen LogP contribution in [0.1, 0.15) is 19.2 Å². The third-order valence-electron chi connectivity index (χ3n) is 5.92. The lowest BCUT2D eigenvalue weighted by Crippen LogP contribution is -2.51. The van der Waals surface area contributed by atoms with Crippen LogP contribution < -0.4 is 4.74 Å². The highest BCUT2D eigenvalue weighted by atomic mass is 16.5. The number of aryl methyl sites for hydroxylation is 1. The fraction of sp³-hybridized carbons (Fsp3) is 0.524. The number of ether oxygens (including phenoxy) is 1. The normalized spacial score (nSPS) is 20.4. The van der Waals surface area contributed by atoms with Gasteiger partial charge in [0.05, 0.1) is 24.9 Å². The molecule has 1 unspecified atom stereocenters. The van der Waals surface area contributed by atoms with Crippen LogP contribution in [0.2, 0.25) is 0 Å². The molecule has 0 bridgehead atoms. The number of likely N-dealkylation sites (N-methyl/N-ethyl adjacent to an activating group) is 1. The van der Waals surface area contributed by atoms with Gasteiger partial charge in [0.25, 0.3) is 0 Å². The Hall–Kier alpha value is -2.34. The largest absolute Gasteiger partial charge is 0.497 e. The van der Waals surface area contributed by atoms with Crippen molar-refractivity contribution < 1.29 is 9.53 Å². The Kier molecular flexibility index (Phi) is 5.16. The Balaban J connectivity index is 1.49. The topological polar surface area (TPSA) is 50.6 Å². The average molecular weight is 368 g/mol. The minimum Gasteiger partial charge on any atom is -0.497 e. The predicted octanol–water partition coefficient (Wildman–Crippen LogP) is 2.29. The number of benzene rings is 1. The first-order valence-electron chi connectivity index (χ1n) is 9.89. The summed E-state index contributed by atoms with van der Waals surface area (Å²) in [6.07, 6.45) is 3.69. The molecule has 144 valence electrons. The first-order chi connectivity index (χ1) is 13.2. The van der Waals surface area contributed by atoms with Gasteiger partial charge < -0.3 is 19.1 Å². The van der Waals surface area contributed by atoms with E-state index >= 15 is 0 Å². The Morgan fingerprint density at radius 3 is 2.59 bits per heavy atom. The molecule has 1 amide bonds. The number of imidazole rings is 1. The van der Waals surface area contributed by atoms with Crippen LogP contribution in [0, 0.1) is 5.92 Å². The Morgan fingerprint density at radius 2 is 1.93 bits per heavy atom. The number of amides is 1. The molecule has 4 rings (SSSR count). The third-order valence-corrected chi connectivity index (χ3v) is 5.92. The molecule has 0 radical (unpaired) electrons. The lowest BCUT2D eigenvalue weighted by atomic mass is 9.97. The lowest BCUT2D eigenvalue weighted by molar-refractivity contribution is -0.138. The molecule has 1 saturated heterocycles. The highest BCUT2D eigenvalue weighted by Crippen LogP contribution is 2.29. The van der Waals surface area contributed by atoms with Crippen molar-refractivity contribution in [2.45, 2.75) is 26.3 Å². The summed E-state index contributed by atoms with van der Waals surface area (Å²) in [7, 11) is 1.67. The molecule has 6 heteroatoms. The van der Waals surface area contributed by atoms with E-state index in [1.54, 1.807) is 7.11 Å². The molecular weight excluding hydrogens is 340 g/mol. The van der Waals surface area contributed by atoms with E-state index in [1.165, 1.54) is 0 Å². The van der Waals surface area contributed by atoms with Gasteiger partial charge in [0, 0.05) is 44.7 Å². The number of aromatic nitrogens is 2. The molecule has 1 fully saturated rings. The van der Waals surface area contributed by atoms with Crippen LogP contribution in [0.15, 0.2) is 30.5 Å². The van der Waals surface area contributed by atoms with E-state index < -0.39 is 0 Å². The van der Waals surface area contributed by atoms with Crippen LogP contribution in [0.25, 0.3) is 11.3 Å². The van der Waals surface area contributed by atoms with Crippen molar-refractivity contribution >= 4 is 5.91 Å². The van der Waals surface area contributed by atoms with Crippen LogP contribution in [-0.2, 0) is 17.8 Å². The van der Waals surface area contributed by atoms with Crippen LogP contribution in [-0.4, -0.2) is 65.1 Å². The van der Waals surface area contributed by atoms with E-state index in [0.29, 0.717) is 5.91 Å². The van der Waals surface area contributed by atoms with Crippen LogP contribution in [0.5, 0.6) is 5.75 Å². The molecule has 1 aromatic carbocycles. The molecule has 2 aliphatic rings. The number of methoxy groups -OCH3 is 1. The van der Waals surface area contributed by atoms with E-state index in [4.69, 9.17) is 4.74 Å². The maximum atomic E-state index is 13.1. The van der Waals surface area contributed by atoms with Gasteiger partial charge >= 0.3 is 0 Å². The zero-order valence-corrected chi connectivity index (χ0v) is 16.2. The molecule has 3 heterocycles. The summed E-state index contributed by atoms with van der Waals surface area (Å²) in [4.78, 5) is 22.1. The quantitative estimate of drug-likeness (QED) is 0.831. The van der Waals surface area contributed by atoms with Gasteiger partial charge in [-0.2, -0.15) is 0 Å². The molecule has 2 aromatic rings. The zero-order valence-electron chi connectivity index (χ0n) is 16.2. The highest BCUT2D eigenvalue weighted by Gasteiger charge is 2.31. The average Bonchev–Trinajstić information content (AvgIpc) is 3.16. The number of rotatable bonds is 4. The summed E-state index contributed by atoms with van der Waals surface area (Å²) < 4.78 is 7.49. The monoisotopic (exact) mass is 368 g/mol. The van der Waals surface area contributed by atoms with E-state index in [-0.39, 0.29) is 5.92 Å².